The van der Waals surface area contributed by atoms with Crippen molar-refractivity contribution in [1.29, 1.82) is 0 Å². The summed E-state index contributed by atoms with van der Waals surface area (Å²) >= 11 is 3.53. The SMILES string of the molecule is CNC(c1ccc(Br)cc1C)c1cccc2ncccc12. The molecule has 0 aliphatic rings. The number of rotatable bonds is 3. The average Bonchev–Trinajstić information content (AvgIpc) is 2.50. The summed E-state index contributed by atoms with van der Waals surface area (Å²) in [5, 5.41) is 4.64. The minimum Gasteiger partial charge on any atom is -0.309 e. The number of halogens is 1. The van der Waals surface area contributed by atoms with Crippen LogP contribution in [0.4, 0.5) is 0 Å². The third-order valence-corrected chi connectivity index (χ3v) is 4.32. The van der Waals surface area contributed by atoms with Crippen molar-refractivity contribution in [1.82, 2.24) is 10.3 Å². The molecule has 2 aromatic carbocycles. The van der Waals surface area contributed by atoms with Crippen molar-refractivity contribution < 1.29 is 0 Å². The van der Waals surface area contributed by atoms with Crippen LogP contribution in [0.5, 0.6) is 0 Å². The van der Waals surface area contributed by atoms with Gasteiger partial charge in [0.05, 0.1) is 11.6 Å². The Morgan fingerprint density at radius 1 is 1.05 bits per heavy atom. The number of benzene rings is 2. The third kappa shape index (κ3) is 2.71. The quantitative estimate of drug-likeness (QED) is 0.752. The normalized spacial score (nSPS) is 12.5. The first kappa shape index (κ1) is 14.2. The van der Waals surface area contributed by atoms with Crippen LogP contribution in [0.2, 0.25) is 0 Å². The van der Waals surface area contributed by atoms with Crippen molar-refractivity contribution >= 4 is 26.8 Å². The van der Waals surface area contributed by atoms with E-state index in [2.05, 4.69) is 75.6 Å². The molecule has 3 rings (SSSR count). The number of pyridine rings is 1. The molecule has 0 saturated carbocycles. The van der Waals surface area contributed by atoms with Gasteiger partial charge in [0.25, 0.3) is 0 Å². The second-order valence-corrected chi connectivity index (χ2v) is 6.06. The Morgan fingerprint density at radius 2 is 1.90 bits per heavy atom. The van der Waals surface area contributed by atoms with E-state index in [0.717, 1.165) is 9.99 Å². The van der Waals surface area contributed by atoms with E-state index < -0.39 is 0 Å². The van der Waals surface area contributed by atoms with Crippen LogP contribution < -0.4 is 5.32 Å². The molecule has 0 radical (unpaired) electrons. The van der Waals surface area contributed by atoms with Gasteiger partial charge in [0.1, 0.15) is 0 Å². The van der Waals surface area contributed by atoms with Crippen LogP contribution in [-0.4, -0.2) is 12.0 Å². The second-order valence-electron chi connectivity index (χ2n) is 5.14. The predicted molar refractivity (Wildman–Crippen MR) is 91.5 cm³/mol. The van der Waals surface area contributed by atoms with Gasteiger partial charge in [0.2, 0.25) is 0 Å². The van der Waals surface area contributed by atoms with Gasteiger partial charge in [0.15, 0.2) is 0 Å². The predicted octanol–water partition coefficient (Wildman–Crippen LogP) is 4.61. The van der Waals surface area contributed by atoms with E-state index in [1.165, 1.54) is 22.1 Å². The minimum absolute atomic E-state index is 0.158. The maximum absolute atomic E-state index is 4.45. The molecule has 3 aromatic rings. The zero-order valence-corrected chi connectivity index (χ0v) is 13.7. The van der Waals surface area contributed by atoms with Gasteiger partial charge in [-0.05, 0) is 54.9 Å². The molecule has 106 valence electrons. The largest absolute Gasteiger partial charge is 0.309 e. The number of aromatic nitrogens is 1. The van der Waals surface area contributed by atoms with Gasteiger partial charge in [-0.1, -0.05) is 40.2 Å². The van der Waals surface area contributed by atoms with Crippen LogP contribution in [0.25, 0.3) is 10.9 Å². The van der Waals surface area contributed by atoms with Gasteiger partial charge < -0.3 is 5.32 Å². The Balaban J connectivity index is 2.18. The minimum atomic E-state index is 0.158. The molecule has 3 heteroatoms. The van der Waals surface area contributed by atoms with Crippen molar-refractivity contribution in [3.63, 3.8) is 0 Å². The number of nitrogens with zero attached hydrogens (tertiary/aromatic N) is 1. The van der Waals surface area contributed by atoms with Crippen LogP contribution in [0.1, 0.15) is 22.7 Å². The molecule has 1 unspecified atom stereocenters. The molecule has 0 aliphatic heterocycles. The Kier molecular flexibility index (Phi) is 4.04. The highest BCUT2D eigenvalue weighted by molar-refractivity contribution is 9.10. The highest BCUT2D eigenvalue weighted by Crippen LogP contribution is 2.30. The van der Waals surface area contributed by atoms with E-state index in [4.69, 9.17) is 0 Å². The lowest BCUT2D eigenvalue weighted by molar-refractivity contribution is 0.692. The van der Waals surface area contributed by atoms with Crippen LogP contribution in [-0.2, 0) is 0 Å². The molecule has 0 bridgehead atoms. The van der Waals surface area contributed by atoms with Crippen LogP contribution >= 0.6 is 15.9 Å². The number of nitrogens with one attached hydrogen (secondary N) is 1. The molecule has 0 fully saturated rings. The lowest BCUT2D eigenvalue weighted by Gasteiger charge is -2.21. The summed E-state index contributed by atoms with van der Waals surface area (Å²) in [7, 11) is 2.00. The number of hydrogen-bond donors (Lipinski definition) is 1. The van der Waals surface area contributed by atoms with E-state index in [1.54, 1.807) is 0 Å². The summed E-state index contributed by atoms with van der Waals surface area (Å²) in [4.78, 5) is 4.45. The van der Waals surface area contributed by atoms with Gasteiger partial charge >= 0.3 is 0 Å². The van der Waals surface area contributed by atoms with Gasteiger partial charge in [-0.3, -0.25) is 4.98 Å². The Morgan fingerprint density at radius 3 is 2.67 bits per heavy atom. The zero-order chi connectivity index (χ0) is 14.8. The first-order valence-corrected chi connectivity index (χ1v) is 7.77. The molecule has 0 spiro atoms. The van der Waals surface area contributed by atoms with E-state index in [9.17, 15) is 0 Å². The van der Waals surface area contributed by atoms with E-state index in [1.807, 2.05) is 19.3 Å². The molecule has 0 amide bonds. The van der Waals surface area contributed by atoms with Crippen molar-refractivity contribution in [3.8, 4) is 0 Å². The fourth-order valence-corrected chi connectivity index (χ4v) is 3.30. The zero-order valence-electron chi connectivity index (χ0n) is 12.1. The number of hydrogen-bond acceptors (Lipinski definition) is 2. The second kappa shape index (κ2) is 5.96. The number of fused-ring (bicyclic) bond motifs is 1. The smallest absolute Gasteiger partial charge is 0.0705 e. The van der Waals surface area contributed by atoms with Crippen molar-refractivity contribution in [2.75, 3.05) is 7.05 Å². The first-order chi connectivity index (χ1) is 10.2. The molecule has 2 nitrogen and oxygen atoms in total. The topological polar surface area (TPSA) is 24.9 Å². The first-order valence-electron chi connectivity index (χ1n) is 6.97. The Hall–Kier alpha value is -1.71. The van der Waals surface area contributed by atoms with E-state index in [-0.39, 0.29) is 6.04 Å². The van der Waals surface area contributed by atoms with E-state index in [0.29, 0.717) is 0 Å². The molecular weight excluding hydrogens is 324 g/mol. The fraction of sp³-hybridized carbons (Fsp3) is 0.167. The molecule has 1 heterocycles. The highest BCUT2D eigenvalue weighted by atomic mass is 79.9. The maximum atomic E-state index is 4.45. The summed E-state index contributed by atoms with van der Waals surface area (Å²) in [5.41, 5.74) is 4.85. The molecule has 1 atom stereocenters. The van der Waals surface area contributed by atoms with Gasteiger partial charge in [-0.15, -0.1) is 0 Å². The third-order valence-electron chi connectivity index (χ3n) is 3.82. The monoisotopic (exact) mass is 340 g/mol. The van der Waals surface area contributed by atoms with E-state index >= 15 is 0 Å². The summed E-state index contributed by atoms with van der Waals surface area (Å²) in [6.45, 7) is 2.15. The summed E-state index contributed by atoms with van der Waals surface area (Å²) < 4.78 is 1.11. The van der Waals surface area contributed by atoms with Gasteiger partial charge in [-0.2, -0.15) is 0 Å². The highest BCUT2D eigenvalue weighted by Gasteiger charge is 2.16. The lowest BCUT2D eigenvalue weighted by Crippen LogP contribution is -2.19. The molecule has 0 aliphatic carbocycles. The van der Waals surface area contributed by atoms with Crippen LogP contribution in [0.3, 0.4) is 0 Å². The lowest BCUT2D eigenvalue weighted by atomic mass is 9.92. The van der Waals surface area contributed by atoms with Crippen molar-refractivity contribution in [3.05, 3.63) is 75.9 Å². The van der Waals surface area contributed by atoms with Crippen molar-refractivity contribution in [2.24, 2.45) is 0 Å². The van der Waals surface area contributed by atoms with Gasteiger partial charge in [0, 0.05) is 16.1 Å². The molecule has 21 heavy (non-hydrogen) atoms. The molecule has 0 saturated heterocycles. The fourth-order valence-electron chi connectivity index (χ4n) is 2.82. The summed E-state index contributed by atoms with van der Waals surface area (Å²) in [5.74, 6) is 0. The van der Waals surface area contributed by atoms with Crippen LogP contribution in [0.15, 0.2) is 59.2 Å². The summed E-state index contributed by atoms with van der Waals surface area (Å²) in [6.07, 6.45) is 1.84. The molecule has 1 aromatic heterocycles. The van der Waals surface area contributed by atoms with Gasteiger partial charge in [-0.25, -0.2) is 0 Å². The Bertz CT molecular complexity index is 778. The average molecular weight is 341 g/mol. The molecular formula is C18H17BrN2. The van der Waals surface area contributed by atoms with Crippen LogP contribution in [0, 0.1) is 6.92 Å². The maximum Gasteiger partial charge on any atom is 0.0705 e. The summed E-state index contributed by atoms with van der Waals surface area (Å²) in [6, 6.07) is 17.0. The standard InChI is InChI=1S/C18H17BrN2/c1-12-11-13(19)8-9-14(12)18(20-2)16-5-3-7-17-15(16)6-4-10-21-17/h3-11,18,20H,1-2H3. The van der Waals surface area contributed by atoms with Crippen molar-refractivity contribution in [2.45, 2.75) is 13.0 Å². The molecule has 1 N–H and O–H groups in total. The number of aryl methyl sites for hydroxylation is 1. The Labute approximate surface area is 133 Å².